The van der Waals surface area contributed by atoms with E-state index < -0.39 is 5.91 Å². The minimum absolute atomic E-state index is 0.293. The lowest BCUT2D eigenvalue weighted by Gasteiger charge is -2.12. The van der Waals surface area contributed by atoms with Gasteiger partial charge in [0.05, 0.1) is 17.4 Å². The molecule has 0 atom stereocenters. The number of primary amides is 1. The lowest BCUT2D eigenvalue weighted by Crippen LogP contribution is -2.19. The van der Waals surface area contributed by atoms with Crippen LogP contribution >= 0.6 is 11.3 Å². The van der Waals surface area contributed by atoms with E-state index in [0.29, 0.717) is 27.9 Å². The molecule has 0 spiro atoms. The first kappa shape index (κ1) is 15.4. The summed E-state index contributed by atoms with van der Waals surface area (Å²) in [6.45, 7) is 3.75. The number of aromatic nitrogens is 5. The van der Waals surface area contributed by atoms with Crippen molar-refractivity contribution in [1.82, 2.24) is 24.5 Å². The molecule has 0 saturated carbocycles. The van der Waals surface area contributed by atoms with Crippen LogP contribution in [-0.4, -0.2) is 30.4 Å². The number of nitrogens with zero attached hydrogens (tertiary/aromatic N) is 5. The number of thiazole rings is 1. The molecule has 8 heteroatoms. The molecule has 4 aromatic rings. The monoisotopic (exact) mass is 350 g/mol. The molecule has 124 valence electrons. The molecule has 7 nitrogen and oxygen atoms in total. The molecular weight excluding hydrogens is 336 g/mol. The molecule has 0 aliphatic rings. The minimum atomic E-state index is -0.568. The second kappa shape index (κ2) is 5.75. The van der Waals surface area contributed by atoms with Crippen LogP contribution in [0.5, 0.6) is 0 Å². The number of amides is 1. The predicted molar refractivity (Wildman–Crippen MR) is 95.8 cm³/mol. The van der Waals surface area contributed by atoms with E-state index in [4.69, 9.17) is 5.73 Å². The fourth-order valence-electron chi connectivity index (χ4n) is 2.87. The van der Waals surface area contributed by atoms with Crippen molar-refractivity contribution in [3.8, 4) is 16.6 Å². The van der Waals surface area contributed by atoms with Crippen LogP contribution in [0.15, 0.2) is 36.2 Å². The van der Waals surface area contributed by atoms with Gasteiger partial charge in [-0.25, -0.2) is 15.0 Å². The van der Waals surface area contributed by atoms with E-state index >= 15 is 0 Å². The largest absolute Gasteiger partial charge is 0.365 e. The van der Waals surface area contributed by atoms with Crippen molar-refractivity contribution >= 4 is 28.1 Å². The summed E-state index contributed by atoms with van der Waals surface area (Å²) in [4.78, 5) is 29.5. The van der Waals surface area contributed by atoms with Crippen molar-refractivity contribution in [2.75, 3.05) is 0 Å². The van der Waals surface area contributed by atoms with Gasteiger partial charge in [-0.3, -0.25) is 14.3 Å². The summed E-state index contributed by atoms with van der Waals surface area (Å²) >= 11 is 1.44. The van der Waals surface area contributed by atoms with E-state index in [1.54, 1.807) is 25.5 Å². The first-order valence-corrected chi connectivity index (χ1v) is 8.44. The number of aryl methyl sites for hydroxylation is 2. The Balaban J connectivity index is 2.06. The van der Waals surface area contributed by atoms with Crippen LogP contribution in [0.4, 0.5) is 0 Å². The zero-order valence-corrected chi connectivity index (χ0v) is 14.4. The third-order valence-electron chi connectivity index (χ3n) is 3.98. The normalized spacial score (nSPS) is 11.1. The highest BCUT2D eigenvalue weighted by molar-refractivity contribution is 7.13. The zero-order chi connectivity index (χ0) is 17.6. The number of hydrogen-bond acceptors (Lipinski definition) is 6. The van der Waals surface area contributed by atoms with Crippen molar-refractivity contribution in [2.24, 2.45) is 5.73 Å². The van der Waals surface area contributed by atoms with Crippen LogP contribution in [0.25, 0.3) is 27.6 Å². The summed E-state index contributed by atoms with van der Waals surface area (Å²) in [5.41, 5.74) is 8.33. The third kappa shape index (κ3) is 2.47. The van der Waals surface area contributed by atoms with Gasteiger partial charge in [-0.2, -0.15) is 0 Å². The van der Waals surface area contributed by atoms with Crippen molar-refractivity contribution < 1.29 is 4.79 Å². The van der Waals surface area contributed by atoms with Crippen LogP contribution in [0.3, 0.4) is 0 Å². The summed E-state index contributed by atoms with van der Waals surface area (Å²) in [6.07, 6.45) is 7.10. The van der Waals surface area contributed by atoms with Crippen LogP contribution in [-0.2, 0) is 0 Å². The molecule has 0 saturated heterocycles. The summed E-state index contributed by atoms with van der Waals surface area (Å²) in [7, 11) is 0. The van der Waals surface area contributed by atoms with E-state index in [1.165, 1.54) is 11.3 Å². The SMILES string of the molecule is Cc1nc(-c2nccs2)nc(-n2cc(C)c3ccncc32)c1C(N)=O. The van der Waals surface area contributed by atoms with E-state index in [9.17, 15) is 4.79 Å². The average molecular weight is 350 g/mol. The molecule has 4 heterocycles. The van der Waals surface area contributed by atoms with Gasteiger partial charge in [-0.15, -0.1) is 11.3 Å². The van der Waals surface area contributed by atoms with Gasteiger partial charge in [0, 0.05) is 29.4 Å². The number of rotatable bonds is 3. The van der Waals surface area contributed by atoms with Crippen molar-refractivity contribution in [2.45, 2.75) is 13.8 Å². The van der Waals surface area contributed by atoms with E-state index in [1.807, 2.05) is 29.1 Å². The van der Waals surface area contributed by atoms with E-state index in [-0.39, 0.29) is 0 Å². The number of carbonyl (C=O) groups excluding carboxylic acids is 1. The Labute approximate surface area is 147 Å². The van der Waals surface area contributed by atoms with Crippen molar-refractivity contribution in [3.63, 3.8) is 0 Å². The lowest BCUT2D eigenvalue weighted by molar-refractivity contribution is 0.0999. The van der Waals surface area contributed by atoms with Crippen LogP contribution in [0.2, 0.25) is 0 Å². The smallest absolute Gasteiger partial charge is 0.254 e. The van der Waals surface area contributed by atoms with Crippen molar-refractivity contribution in [3.05, 3.63) is 53.1 Å². The number of fused-ring (bicyclic) bond motifs is 1. The van der Waals surface area contributed by atoms with E-state index in [0.717, 1.165) is 16.5 Å². The third-order valence-corrected chi connectivity index (χ3v) is 4.75. The number of nitrogens with two attached hydrogens (primary N) is 1. The van der Waals surface area contributed by atoms with Gasteiger partial charge in [0.25, 0.3) is 5.91 Å². The molecule has 0 aliphatic heterocycles. The van der Waals surface area contributed by atoms with Crippen LogP contribution < -0.4 is 5.73 Å². The Morgan fingerprint density at radius 1 is 1.24 bits per heavy atom. The fourth-order valence-corrected chi connectivity index (χ4v) is 3.44. The van der Waals surface area contributed by atoms with Crippen LogP contribution in [0, 0.1) is 13.8 Å². The molecule has 0 unspecified atom stereocenters. The molecule has 25 heavy (non-hydrogen) atoms. The number of pyridine rings is 1. The Morgan fingerprint density at radius 3 is 2.80 bits per heavy atom. The Hall–Kier alpha value is -3.13. The number of hydrogen-bond donors (Lipinski definition) is 1. The topological polar surface area (TPSA) is 99.6 Å². The molecule has 0 aliphatic carbocycles. The van der Waals surface area contributed by atoms with Gasteiger partial charge in [0.2, 0.25) is 0 Å². The molecule has 0 aromatic carbocycles. The summed E-state index contributed by atoms with van der Waals surface area (Å²) < 4.78 is 1.84. The molecular formula is C17H14N6OS. The highest BCUT2D eigenvalue weighted by Crippen LogP contribution is 2.27. The molecule has 2 N–H and O–H groups in total. The second-order valence-corrected chi connectivity index (χ2v) is 6.50. The Bertz CT molecular complexity index is 1100. The maximum atomic E-state index is 12.1. The van der Waals surface area contributed by atoms with Gasteiger partial charge >= 0.3 is 0 Å². The molecule has 0 bridgehead atoms. The zero-order valence-electron chi connectivity index (χ0n) is 13.6. The van der Waals surface area contributed by atoms with Gasteiger partial charge < -0.3 is 5.73 Å². The van der Waals surface area contributed by atoms with Crippen LogP contribution in [0.1, 0.15) is 21.6 Å². The fraction of sp³-hybridized carbons (Fsp3) is 0.118. The minimum Gasteiger partial charge on any atom is -0.365 e. The quantitative estimate of drug-likeness (QED) is 0.612. The summed E-state index contributed by atoms with van der Waals surface area (Å²) in [5, 5.41) is 3.58. The van der Waals surface area contributed by atoms with E-state index in [2.05, 4.69) is 19.9 Å². The van der Waals surface area contributed by atoms with Gasteiger partial charge in [-0.1, -0.05) is 0 Å². The molecule has 0 radical (unpaired) electrons. The maximum Gasteiger partial charge on any atom is 0.254 e. The first-order valence-electron chi connectivity index (χ1n) is 7.56. The second-order valence-electron chi connectivity index (χ2n) is 5.61. The molecule has 1 amide bonds. The highest BCUT2D eigenvalue weighted by Gasteiger charge is 2.21. The Morgan fingerprint density at radius 2 is 2.08 bits per heavy atom. The molecule has 4 rings (SSSR count). The Kier molecular flexibility index (Phi) is 3.54. The van der Waals surface area contributed by atoms with Gasteiger partial charge in [0.1, 0.15) is 5.56 Å². The lowest BCUT2D eigenvalue weighted by atomic mass is 10.2. The van der Waals surface area contributed by atoms with Crippen molar-refractivity contribution in [1.29, 1.82) is 0 Å². The maximum absolute atomic E-state index is 12.1. The van der Waals surface area contributed by atoms with Gasteiger partial charge in [0.15, 0.2) is 16.6 Å². The number of carbonyl (C=O) groups is 1. The molecule has 4 aromatic heterocycles. The predicted octanol–water partition coefficient (Wildman–Crippen LogP) is 2.65. The average Bonchev–Trinajstić information content (AvgIpc) is 3.23. The summed E-state index contributed by atoms with van der Waals surface area (Å²) in [6, 6.07) is 1.93. The molecule has 0 fully saturated rings. The van der Waals surface area contributed by atoms with Gasteiger partial charge in [-0.05, 0) is 25.5 Å². The highest BCUT2D eigenvalue weighted by atomic mass is 32.1. The standard InChI is InChI=1S/C17H14N6OS/c1-9-8-23(12-7-19-4-3-11(9)12)16-13(14(18)24)10(2)21-15(22-16)17-20-5-6-25-17/h3-8H,1-2H3,(H2,18,24). The summed E-state index contributed by atoms with van der Waals surface area (Å²) in [5.74, 6) is 0.341. The first-order chi connectivity index (χ1) is 12.1.